The summed E-state index contributed by atoms with van der Waals surface area (Å²) in [4.78, 5) is 30.3. The number of carbonyl (C=O) groups is 1. The molecule has 0 N–H and O–H groups in total. The number of fused-ring (bicyclic) bond motifs is 1. The minimum Gasteiger partial charge on any atom is -0.353 e. The lowest BCUT2D eigenvalue weighted by molar-refractivity contribution is -0.134. The molecule has 3 heterocycles. The summed E-state index contributed by atoms with van der Waals surface area (Å²) in [6, 6.07) is 8.20. The summed E-state index contributed by atoms with van der Waals surface area (Å²) in [5.74, 6) is 2.28. The zero-order valence-electron chi connectivity index (χ0n) is 21.3. The van der Waals surface area contributed by atoms with Gasteiger partial charge in [-0.1, -0.05) is 44.5 Å². The molecular formula is C28H38ClN5O. The molecule has 5 rings (SSSR count). The maximum Gasteiger partial charge on any atom is 0.231 e. The van der Waals surface area contributed by atoms with E-state index in [0.29, 0.717) is 16.9 Å². The van der Waals surface area contributed by atoms with E-state index in [9.17, 15) is 4.79 Å². The third-order valence-electron chi connectivity index (χ3n) is 8.04. The molecule has 3 atom stereocenters. The van der Waals surface area contributed by atoms with Gasteiger partial charge in [0, 0.05) is 55.0 Å². The van der Waals surface area contributed by atoms with Crippen molar-refractivity contribution in [2.24, 2.45) is 5.92 Å². The molecule has 0 bridgehead atoms. The van der Waals surface area contributed by atoms with Gasteiger partial charge in [-0.2, -0.15) is 0 Å². The maximum absolute atomic E-state index is 14.1. The standard InChI is InChI=1S/C28H38ClN5O/c1-19(2)17-34-12-4-5-24(34)26(21-7-9-22(29)10-8-21)28(35)33-15-13-32(14-16-33)27-25-20(3)6-11-23(25)30-18-31-27/h7-10,18-20,24,26H,4-6,11-17H2,1-3H3/t20-,24+,26+/m1/s1. The normalized spacial score (nSPS) is 23.7. The van der Waals surface area contributed by atoms with Crippen LogP contribution in [0.3, 0.4) is 0 Å². The number of aryl methyl sites for hydroxylation is 1. The average molecular weight is 496 g/mol. The van der Waals surface area contributed by atoms with Gasteiger partial charge in [0.1, 0.15) is 12.1 Å². The van der Waals surface area contributed by atoms with Crippen molar-refractivity contribution >= 4 is 23.3 Å². The lowest BCUT2D eigenvalue weighted by Crippen LogP contribution is -2.53. The first-order valence-corrected chi connectivity index (χ1v) is 13.7. The number of anilines is 1. The SMILES string of the molecule is CC(C)CN1CCC[C@H]1[C@@H](C(=O)N1CCN(c2ncnc3c2[C@H](C)CC3)CC1)c1ccc(Cl)cc1. The number of hydrogen-bond acceptors (Lipinski definition) is 5. The van der Waals surface area contributed by atoms with E-state index in [1.807, 2.05) is 12.1 Å². The van der Waals surface area contributed by atoms with E-state index in [4.69, 9.17) is 11.6 Å². The van der Waals surface area contributed by atoms with Crippen LogP contribution < -0.4 is 4.90 Å². The first kappa shape index (κ1) is 24.5. The summed E-state index contributed by atoms with van der Waals surface area (Å²) < 4.78 is 0. The predicted octanol–water partition coefficient (Wildman–Crippen LogP) is 4.73. The Balaban J connectivity index is 1.34. The molecule has 7 heteroatoms. The molecule has 0 radical (unpaired) electrons. The number of amides is 1. The highest BCUT2D eigenvalue weighted by Gasteiger charge is 2.40. The number of rotatable bonds is 6. The molecule has 2 aliphatic heterocycles. The Morgan fingerprint density at radius 1 is 1.06 bits per heavy atom. The van der Waals surface area contributed by atoms with Gasteiger partial charge >= 0.3 is 0 Å². The number of piperazine rings is 1. The Bertz CT molecular complexity index is 1030. The molecule has 0 saturated carbocycles. The third-order valence-corrected chi connectivity index (χ3v) is 8.29. The van der Waals surface area contributed by atoms with Crippen LogP contribution in [0.5, 0.6) is 0 Å². The molecule has 2 aromatic rings. The highest BCUT2D eigenvalue weighted by molar-refractivity contribution is 6.30. The fraction of sp³-hybridized carbons (Fsp3) is 0.607. The van der Waals surface area contributed by atoms with Crippen LogP contribution in [0.25, 0.3) is 0 Å². The van der Waals surface area contributed by atoms with E-state index in [0.717, 1.165) is 76.3 Å². The summed E-state index contributed by atoms with van der Waals surface area (Å²) >= 11 is 6.20. The minimum atomic E-state index is -0.150. The lowest BCUT2D eigenvalue weighted by Gasteiger charge is -2.40. The van der Waals surface area contributed by atoms with Gasteiger partial charge in [0.2, 0.25) is 5.91 Å². The molecule has 2 fully saturated rings. The number of carbonyl (C=O) groups excluding carboxylic acids is 1. The second kappa shape index (κ2) is 10.4. The Kier molecular flexibility index (Phi) is 7.31. The summed E-state index contributed by atoms with van der Waals surface area (Å²) in [7, 11) is 0. The van der Waals surface area contributed by atoms with Crippen LogP contribution in [0.15, 0.2) is 30.6 Å². The number of aromatic nitrogens is 2. The van der Waals surface area contributed by atoms with Gasteiger partial charge in [-0.05, 0) is 61.8 Å². The molecule has 1 aromatic carbocycles. The monoisotopic (exact) mass is 495 g/mol. The second-order valence-electron chi connectivity index (χ2n) is 10.9. The fourth-order valence-electron chi connectivity index (χ4n) is 6.33. The highest BCUT2D eigenvalue weighted by Crippen LogP contribution is 2.38. The quantitative estimate of drug-likeness (QED) is 0.579. The number of halogens is 1. The van der Waals surface area contributed by atoms with E-state index in [1.54, 1.807) is 6.33 Å². The molecule has 1 amide bonds. The highest BCUT2D eigenvalue weighted by atomic mass is 35.5. The Labute approximate surface area is 214 Å². The van der Waals surface area contributed by atoms with Crippen molar-refractivity contribution in [2.75, 3.05) is 44.2 Å². The molecular weight excluding hydrogens is 458 g/mol. The summed E-state index contributed by atoms with van der Waals surface area (Å²) in [6.07, 6.45) is 6.12. The van der Waals surface area contributed by atoms with Gasteiger partial charge in [0.25, 0.3) is 0 Å². The van der Waals surface area contributed by atoms with Gasteiger partial charge in [-0.25, -0.2) is 9.97 Å². The molecule has 35 heavy (non-hydrogen) atoms. The predicted molar refractivity (Wildman–Crippen MR) is 141 cm³/mol. The van der Waals surface area contributed by atoms with Gasteiger partial charge in [0.05, 0.1) is 5.92 Å². The molecule has 0 spiro atoms. The van der Waals surface area contributed by atoms with Crippen LogP contribution >= 0.6 is 11.6 Å². The topological polar surface area (TPSA) is 52.6 Å². The first-order valence-electron chi connectivity index (χ1n) is 13.3. The second-order valence-corrected chi connectivity index (χ2v) is 11.4. The molecule has 6 nitrogen and oxygen atoms in total. The van der Waals surface area contributed by atoms with Crippen LogP contribution in [-0.2, 0) is 11.2 Å². The van der Waals surface area contributed by atoms with Crippen molar-refractivity contribution in [2.45, 2.75) is 64.3 Å². The lowest BCUT2D eigenvalue weighted by atomic mass is 9.88. The van der Waals surface area contributed by atoms with E-state index >= 15 is 0 Å². The summed E-state index contributed by atoms with van der Waals surface area (Å²) in [6.45, 7) is 12.0. The van der Waals surface area contributed by atoms with Gasteiger partial charge in [-0.15, -0.1) is 0 Å². The van der Waals surface area contributed by atoms with Crippen molar-refractivity contribution in [1.82, 2.24) is 19.8 Å². The number of nitrogens with zero attached hydrogens (tertiary/aromatic N) is 5. The summed E-state index contributed by atoms with van der Waals surface area (Å²) in [5, 5.41) is 0.714. The maximum atomic E-state index is 14.1. The van der Waals surface area contributed by atoms with Crippen molar-refractivity contribution in [3.63, 3.8) is 0 Å². The molecule has 188 valence electrons. The Hall–Kier alpha value is -2.18. The van der Waals surface area contributed by atoms with Gasteiger partial charge in [-0.3, -0.25) is 9.69 Å². The van der Waals surface area contributed by atoms with E-state index in [1.165, 1.54) is 11.3 Å². The van der Waals surface area contributed by atoms with Crippen molar-refractivity contribution in [1.29, 1.82) is 0 Å². The van der Waals surface area contributed by atoms with Crippen LogP contribution in [0.4, 0.5) is 5.82 Å². The van der Waals surface area contributed by atoms with Crippen LogP contribution in [0.2, 0.25) is 5.02 Å². The van der Waals surface area contributed by atoms with E-state index < -0.39 is 0 Å². The molecule has 1 aromatic heterocycles. The third kappa shape index (κ3) is 5.05. The largest absolute Gasteiger partial charge is 0.353 e. The zero-order chi connectivity index (χ0) is 24.5. The fourth-order valence-corrected chi connectivity index (χ4v) is 6.46. The van der Waals surface area contributed by atoms with Crippen LogP contribution in [0, 0.1) is 5.92 Å². The van der Waals surface area contributed by atoms with Crippen LogP contribution in [0.1, 0.15) is 68.7 Å². The number of likely N-dealkylation sites (tertiary alicyclic amines) is 1. The van der Waals surface area contributed by atoms with Crippen LogP contribution in [-0.4, -0.2) is 71.0 Å². The smallest absolute Gasteiger partial charge is 0.231 e. The van der Waals surface area contributed by atoms with Gasteiger partial charge < -0.3 is 9.80 Å². The van der Waals surface area contributed by atoms with E-state index in [2.05, 4.69) is 57.6 Å². The van der Waals surface area contributed by atoms with Crippen molar-refractivity contribution in [3.05, 3.63) is 52.4 Å². The zero-order valence-corrected chi connectivity index (χ0v) is 22.0. The Morgan fingerprint density at radius 2 is 1.80 bits per heavy atom. The number of benzene rings is 1. The van der Waals surface area contributed by atoms with Gasteiger partial charge in [0.15, 0.2) is 0 Å². The molecule has 2 saturated heterocycles. The first-order chi connectivity index (χ1) is 16.9. The Morgan fingerprint density at radius 3 is 2.51 bits per heavy atom. The summed E-state index contributed by atoms with van der Waals surface area (Å²) in [5.41, 5.74) is 3.61. The number of hydrogen-bond donors (Lipinski definition) is 0. The molecule has 3 aliphatic rings. The van der Waals surface area contributed by atoms with E-state index in [-0.39, 0.29) is 17.9 Å². The van der Waals surface area contributed by atoms with Crippen molar-refractivity contribution < 1.29 is 4.79 Å². The average Bonchev–Trinajstić information content (AvgIpc) is 3.46. The molecule has 0 unspecified atom stereocenters. The molecule has 1 aliphatic carbocycles. The van der Waals surface area contributed by atoms with Crippen molar-refractivity contribution in [3.8, 4) is 0 Å². The minimum absolute atomic E-state index is 0.150.